The van der Waals surface area contributed by atoms with Gasteiger partial charge in [-0.3, -0.25) is 0 Å². The molecule has 0 radical (unpaired) electrons. The molecule has 8 heteroatoms. The SMILES string of the molecule is CC(C)CCCCCCCP(O)(O)(O)C(CCCCCCC(C)C)c1ccccc1.CCCCCCCCCCCCCCCCCCOP(O)O. The van der Waals surface area contributed by atoms with Crippen LogP contribution >= 0.6 is 15.9 Å². The van der Waals surface area contributed by atoms with Gasteiger partial charge in [-0.1, -0.05) is 103 Å². The molecule has 1 aromatic carbocycles. The molecule has 1 atom stereocenters. The molecular formula is C44H88O6P2. The van der Waals surface area contributed by atoms with E-state index in [9.17, 15) is 14.7 Å². The number of hydrogen-bond donors (Lipinski definition) is 5. The third kappa shape index (κ3) is 33.2. The first-order valence-electron chi connectivity index (χ1n) is 22.0. The van der Waals surface area contributed by atoms with Crippen LogP contribution in [-0.4, -0.2) is 37.2 Å². The summed E-state index contributed by atoms with van der Waals surface area (Å²) >= 11 is 0. The molecule has 310 valence electrons. The maximum absolute atomic E-state index is 11.1. The Morgan fingerprint density at radius 3 is 1.27 bits per heavy atom. The molecule has 1 aromatic rings. The smallest absolute Gasteiger partial charge is 0.327 e. The zero-order valence-corrected chi connectivity index (χ0v) is 36.7. The maximum Gasteiger partial charge on any atom is 0.327 e. The predicted molar refractivity (Wildman–Crippen MR) is 230 cm³/mol. The van der Waals surface area contributed by atoms with E-state index in [-0.39, 0.29) is 6.16 Å². The molecule has 0 saturated heterocycles. The molecule has 0 heterocycles. The van der Waals surface area contributed by atoms with Gasteiger partial charge in [-0.05, 0) is 6.42 Å². The molecule has 0 bridgehead atoms. The summed E-state index contributed by atoms with van der Waals surface area (Å²) in [6.07, 6.45) is 34.4. The standard InChI is InChI=1S/C26H49O3P.C18H39O3P/c1-23(2)17-11-6-5-9-16-22-30(27,28,29)26(25-19-13-10-14-20-25)21-15-8-7-12-18-24(3)4;1-2-3-4-5-6-7-8-9-10-11-12-13-14-15-16-17-18-21-22(19)20/h10,13-14,19-20,23-24,26-29H,5-9,11-12,15-18,21-22H2,1-4H3;19-20H,2-18H2,1H3. The maximum atomic E-state index is 11.1. The fraction of sp³-hybridized carbons (Fsp3) is 0.864. The second-order valence-electron chi connectivity index (χ2n) is 16.6. The Morgan fingerprint density at radius 1 is 0.500 bits per heavy atom. The van der Waals surface area contributed by atoms with E-state index >= 15 is 0 Å². The van der Waals surface area contributed by atoms with Crippen molar-refractivity contribution in [2.45, 2.75) is 220 Å². The van der Waals surface area contributed by atoms with Gasteiger partial charge in [-0.25, -0.2) is 0 Å². The van der Waals surface area contributed by atoms with Gasteiger partial charge in [0, 0.05) is 0 Å². The van der Waals surface area contributed by atoms with Gasteiger partial charge < -0.3 is 14.3 Å². The van der Waals surface area contributed by atoms with E-state index in [1.54, 1.807) is 0 Å². The summed E-state index contributed by atoms with van der Waals surface area (Å²) in [6.45, 7) is 11.8. The monoisotopic (exact) mass is 775 g/mol. The van der Waals surface area contributed by atoms with Crippen LogP contribution in [0.4, 0.5) is 0 Å². The molecule has 0 aliphatic rings. The van der Waals surface area contributed by atoms with E-state index < -0.39 is 21.5 Å². The van der Waals surface area contributed by atoms with Crippen molar-refractivity contribution < 1.29 is 29.0 Å². The topological polar surface area (TPSA) is 110 Å². The predicted octanol–water partition coefficient (Wildman–Crippen LogP) is 14.5. The Kier molecular flexibility index (Phi) is 34.0. The second-order valence-corrected chi connectivity index (χ2v) is 20.9. The summed E-state index contributed by atoms with van der Waals surface area (Å²) in [7, 11) is -6.88. The van der Waals surface area contributed by atoms with Crippen LogP contribution in [0.15, 0.2) is 30.3 Å². The summed E-state index contributed by atoms with van der Waals surface area (Å²) in [5.74, 6) is 1.49. The van der Waals surface area contributed by atoms with Crippen LogP contribution in [-0.2, 0) is 4.52 Å². The minimum Gasteiger partial charge on any atom is -0.328 e. The number of hydrogen-bond acceptors (Lipinski definition) is 6. The van der Waals surface area contributed by atoms with E-state index in [1.807, 2.05) is 30.3 Å². The molecule has 5 N–H and O–H groups in total. The molecule has 0 saturated carbocycles. The Balaban J connectivity index is 0.00000105. The van der Waals surface area contributed by atoms with Crippen molar-refractivity contribution in [1.82, 2.24) is 0 Å². The minimum atomic E-state index is -4.73. The largest absolute Gasteiger partial charge is 0.328 e. The third-order valence-corrected chi connectivity index (χ3v) is 13.8. The van der Waals surface area contributed by atoms with Crippen LogP contribution in [0.2, 0.25) is 0 Å². The zero-order valence-electron chi connectivity index (χ0n) is 34.9. The molecule has 0 spiro atoms. The fourth-order valence-electron chi connectivity index (χ4n) is 7.11. The summed E-state index contributed by atoms with van der Waals surface area (Å²) in [5.41, 5.74) is 0.310. The summed E-state index contributed by atoms with van der Waals surface area (Å²) in [5, 5.41) is 0. The first-order chi connectivity index (χ1) is 24.9. The molecule has 52 heavy (non-hydrogen) atoms. The van der Waals surface area contributed by atoms with Crippen LogP contribution in [0.1, 0.15) is 226 Å². The van der Waals surface area contributed by atoms with Gasteiger partial charge in [-0.2, -0.15) is 0 Å². The van der Waals surface area contributed by atoms with Crippen molar-refractivity contribution >= 4 is 15.9 Å². The Labute approximate surface area is 324 Å². The zero-order chi connectivity index (χ0) is 38.8. The second kappa shape index (κ2) is 34.1. The molecule has 0 aromatic heterocycles. The van der Waals surface area contributed by atoms with E-state index in [2.05, 4.69) is 34.6 Å². The molecule has 0 aliphatic carbocycles. The average Bonchev–Trinajstić information content (AvgIpc) is 3.08. The van der Waals surface area contributed by atoms with E-state index in [1.165, 1.54) is 128 Å². The van der Waals surface area contributed by atoms with Gasteiger partial charge in [0.15, 0.2) is 0 Å². The Hall–Kier alpha value is -0.160. The van der Waals surface area contributed by atoms with Gasteiger partial charge in [0.05, 0.1) is 6.61 Å². The fourth-order valence-corrected chi connectivity index (χ4v) is 10.0. The summed E-state index contributed by atoms with van der Waals surface area (Å²) < 4.78 is 4.74. The van der Waals surface area contributed by atoms with Crippen LogP contribution in [0.3, 0.4) is 0 Å². The molecule has 0 aliphatic heterocycles. The van der Waals surface area contributed by atoms with Crippen molar-refractivity contribution in [3.05, 3.63) is 35.9 Å². The number of benzene rings is 1. The van der Waals surface area contributed by atoms with Gasteiger partial charge in [0.2, 0.25) is 0 Å². The number of rotatable bonds is 35. The van der Waals surface area contributed by atoms with Crippen LogP contribution in [0, 0.1) is 11.8 Å². The van der Waals surface area contributed by atoms with Crippen molar-refractivity contribution in [3.63, 3.8) is 0 Å². The molecule has 0 amide bonds. The summed E-state index contributed by atoms with van der Waals surface area (Å²) in [4.78, 5) is 50.4. The minimum absolute atomic E-state index is 0.128. The Morgan fingerprint density at radius 2 is 0.865 bits per heavy atom. The van der Waals surface area contributed by atoms with Crippen molar-refractivity contribution in [3.8, 4) is 0 Å². The van der Waals surface area contributed by atoms with Crippen molar-refractivity contribution in [2.75, 3.05) is 12.8 Å². The average molecular weight is 775 g/mol. The summed E-state index contributed by atoms with van der Waals surface area (Å²) in [6, 6.07) is 9.64. The van der Waals surface area contributed by atoms with E-state index in [4.69, 9.17) is 14.3 Å². The van der Waals surface area contributed by atoms with Crippen LogP contribution < -0.4 is 0 Å². The normalized spacial score (nSPS) is 13.4. The number of unbranched alkanes of at least 4 members (excludes halogenated alkanes) is 22. The third-order valence-electron chi connectivity index (χ3n) is 10.4. The van der Waals surface area contributed by atoms with E-state index in [0.717, 1.165) is 55.9 Å². The quantitative estimate of drug-likeness (QED) is 0.0347. The van der Waals surface area contributed by atoms with E-state index in [0.29, 0.717) is 19.4 Å². The Bertz CT molecular complexity index is 874. The van der Waals surface area contributed by atoms with Crippen LogP contribution in [0.25, 0.3) is 0 Å². The molecule has 0 fully saturated rings. The van der Waals surface area contributed by atoms with Crippen molar-refractivity contribution in [1.29, 1.82) is 0 Å². The molecule has 6 nitrogen and oxygen atoms in total. The van der Waals surface area contributed by atoms with Gasteiger partial charge in [0.1, 0.15) is 0 Å². The van der Waals surface area contributed by atoms with Gasteiger partial charge in [0.25, 0.3) is 0 Å². The molecule has 1 rings (SSSR count). The first kappa shape index (κ1) is 51.8. The van der Waals surface area contributed by atoms with Crippen molar-refractivity contribution in [2.24, 2.45) is 11.8 Å². The molecular weight excluding hydrogens is 686 g/mol. The van der Waals surface area contributed by atoms with Gasteiger partial charge in [-0.15, -0.1) is 0 Å². The molecule has 1 unspecified atom stereocenters. The first-order valence-corrected chi connectivity index (χ1v) is 25.5. The van der Waals surface area contributed by atoms with Crippen LogP contribution in [0.5, 0.6) is 0 Å². The van der Waals surface area contributed by atoms with Gasteiger partial charge >= 0.3 is 195 Å².